The fourth-order valence-corrected chi connectivity index (χ4v) is 5.70. The Hall–Kier alpha value is -1.88. The molecule has 2 heterocycles. The van der Waals surface area contributed by atoms with Gasteiger partial charge in [-0.25, -0.2) is 23.1 Å². The molecule has 1 amide bonds. The van der Waals surface area contributed by atoms with Crippen molar-refractivity contribution in [3.63, 3.8) is 0 Å². The van der Waals surface area contributed by atoms with E-state index in [2.05, 4.69) is 26.5 Å². The Balaban J connectivity index is 1.45. The highest BCUT2D eigenvalue weighted by Crippen LogP contribution is 2.35. The Morgan fingerprint density at radius 1 is 1.26 bits per heavy atom. The summed E-state index contributed by atoms with van der Waals surface area (Å²) in [6.45, 7) is 3.73. The number of carbonyl (C=O) groups is 1. The fraction of sp³-hybridized carbons (Fsp3) is 0.450. The van der Waals surface area contributed by atoms with Gasteiger partial charge in [-0.2, -0.15) is 0 Å². The summed E-state index contributed by atoms with van der Waals surface area (Å²) >= 11 is 7.68. The van der Waals surface area contributed by atoms with E-state index in [1.807, 2.05) is 0 Å². The molecule has 1 aromatic carbocycles. The highest BCUT2D eigenvalue weighted by atomic mass is 35.5. The van der Waals surface area contributed by atoms with E-state index in [1.165, 1.54) is 17.8 Å². The Labute approximate surface area is 191 Å². The van der Waals surface area contributed by atoms with Crippen LogP contribution in [0, 0.1) is 0 Å². The van der Waals surface area contributed by atoms with E-state index in [4.69, 9.17) is 17.3 Å². The van der Waals surface area contributed by atoms with Crippen LogP contribution in [-0.2, 0) is 10.0 Å². The van der Waals surface area contributed by atoms with Gasteiger partial charge >= 0.3 is 0 Å². The number of hydrogen-bond donors (Lipinski definition) is 2. The Morgan fingerprint density at radius 2 is 1.97 bits per heavy atom. The molecule has 1 aliphatic carbocycles. The zero-order valence-electron chi connectivity index (χ0n) is 17.0. The molecule has 0 radical (unpaired) electrons. The van der Waals surface area contributed by atoms with Crippen molar-refractivity contribution in [2.24, 2.45) is 5.73 Å². The van der Waals surface area contributed by atoms with Crippen LogP contribution in [0.4, 0.5) is 5.82 Å². The van der Waals surface area contributed by atoms with Crippen molar-refractivity contribution in [3.8, 4) is 0 Å². The largest absolute Gasteiger partial charge is 0.355 e. The second-order valence-corrected chi connectivity index (χ2v) is 11.7. The van der Waals surface area contributed by atoms with Gasteiger partial charge in [0.1, 0.15) is 10.8 Å². The molecule has 0 bridgehead atoms. The highest BCUT2D eigenvalue weighted by Gasteiger charge is 2.37. The standard InChI is InChI=1S/C20H24ClN5O3S2/c1-20(22)7-9-26(10-8-20)16-11-24-17(12-23-16)30-15-4-2-3-14(18(15)21)19(27)25-31(28,29)13-5-6-13/h2-4,11-13H,5-10,22H2,1H3,(H,25,27). The number of aromatic nitrogens is 2. The van der Waals surface area contributed by atoms with Gasteiger partial charge in [0.2, 0.25) is 10.0 Å². The van der Waals surface area contributed by atoms with E-state index >= 15 is 0 Å². The minimum absolute atomic E-state index is 0.110. The number of amides is 1. The molecule has 11 heteroatoms. The Bertz CT molecular complexity index is 1080. The number of sulfonamides is 1. The van der Waals surface area contributed by atoms with E-state index in [0.717, 1.165) is 31.7 Å². The van der Waals surface area contributed by atoms with Gasteiger partial charge in [-0.3, -0.25) is 4.79 Å². The molecule has 4 rings (SSSR count). The zero-order valence-corrected chi connectivity index (χ0v) is 19.4. The summed E-state index contributed by atoms with van der Waals surface area (Å²) in [5.74, 6) is 0.0714. The molecule has 0 spiro atoms. The van der Waals surface area contributed by atoms with Crippen molar-refractivity contribution >= 4 is 45.1 Å². The normalized spacial score (nSPS) is 18.6. The summed E-state index contributed by atoms with van der Waals surface area (Å²) in [6, 6.07) is 4.91. The molecule has 2 aromatic rings. The molecule has 1 saturated carbocycles. The first kappa shape index (κ1) is 22.3. The Morgan fingerprint density at radius 3 is 2.58 bits per heavy atom. The van der Waals surface area contributed by atoms with Crippen LogP contribution in [0.1, 0.15) is 43.0 Å². The molecule has 31 heavy (non-hydrogen) atoms. The van der Waals surface area contributed by atoms with Gasteiger partial charge < -0.3 is 10.6 Å². The molecular weight excluding hydrogens is 458 g/mol. The van der Waals surface area contributed by atoms with Crippen LogP contribution in [0.25, 0.3) is 0 Å². The first-order valence-electron chi connectivity index (χ1n) is 10.0. The monoisotopic (exact) mass is 481 g/mol. The molecule has 1 aliphatic heterocycles. The minimum Gasteiger partial charge on any atom is -0.355 e. The van der Waals surface area contributed by atoms with Crippen LogP contribution in [-0.4, -0.2) is 48.2 Å². The van der Waals surface area contributed by atoms with Crippen LogP contribution in [0.15, 0.2) is 40.5 Å². The molecule has 1 saturated heterocycles. The SMILES string of the molecule is CC1(N)CCN(c2cnc(Sc3cccc(C(=O)NS(=O)(=O)C4CC4)c3Cl)cn2)CC1. The van der Waals surface area contributed by atoms with Crippen molar-refractivity contribution in [1.29, 1.82) is 0 Å². The summed E-state index contributed by atoms with van der Waals surface area (Å²) in [4.78, 5) is 24.2. The molecule has 8 nitrogen and oxygen atoms in total. The first-order chi connectivity index (χ1) is 14.6. The maximum absolute atomic E-state index is 12.5. The van der Waals surface area contributed by atoms with Crippen LogP contribution in [0.5, 0.6) is 0 Å². The number of hydrogen-bond acceptors (Lipinski definition) is 8. The number of halogens is 1. The second kappa shape index (κ2) is 8.57. The number of benzene rings is 1. The van der Waals surface area contributed by atoms with Gasteiger partial charge in [-0.1, -0.05) is 29.4 Å². The summed E-state index contributed by atoms with van der Waals surface area (Å²) < 4.78 is 26.2. The Kier molecular flexibility index (Phi) is 6.17. The lowest BCUT2D eigenvalue weighted by Gasteiger charge is -2.37. The number of anilines is 1. The maximum atomic E-state index is 12.5. The van der Waals surface area contributed by atoms with E-state index < -0.39 is 21.2 Å². The fourth-order valence-electron chi connectivity index (χ4n) is 3.30. The van der Waals surface area contributed by atoms with Gasteiger partial charge in [0, 0.05) is 23.5 Å². The molecule has 2 fully saturated rings. The van der Waals surface area contributed by atoms with E-state index in [0.29, 0.717) is 22.8 Å². The van der Waals surface area contributed by atoms with Gasteiger partial charge in [-0.15, -0.1) is 0 Å². The highest BCUT2D eigenvalue weighted by molar-refractivity contribution is 7.99. The van der Waals surface area contributed by atoms with Crippen LogP contribution in [0.2, 0.25) is 5.02 Å². The van der Waals surface area contributed by atoms with Crippen LogP contribution < -0.4 is 15.4 Å². The van der Waals surface area contributed by atoms with Crippen molar-refractivity contribution in [2.75, 3.05) is 18.0 Å². The molecule has 3 N–H and O–H groups in total. The van der Waals surface area contributed by atoms with Crippen LogP contribution >= 0.6 is 23.4 Å². The molecule has 2 aliphatic rings. The van der Waals surface area contributed by atoms with Gasteiger partial charge in [0.05, 0.1) is 28.2 Å². The van der Waals surface area contributed by atoms with Crippen molar-refractivity contribution < 1.29 is 13.2 Å². The van der Waals surface area contributed by atoms with E-state index in [1.54, 1.807) is 24.5 Å². The lowest BCUT2D eigenvalue weighted by molar-refractivity contribution is 0.0981. The summed E-state index contributed by atoms with van der Waals surface area (Å²) in [5.41, 5.74) is 6.16. The maximum Gasteiger partial charge on any atom is 0.266 e. The number of nitrogens with zero attached hydrogens (tertiary/aromatic N) is 3. The quantitative estimate of drug-likeness (QED) is 0.646. The van der Waals surface area contributed by atoms with Crippen LogP contribution in [0.3, 0.4) is 0 Å². The molecule has 0 atom stereocenters. The summed E-state index contributed by atoms with van der Waals surface area (Å²) in [5, 5.41) is 0.315. The number of nitrogens with two attached hydrogens (primary N) is 1. The van der Waals surface area contributed by atoms with Gasteiger partial charge in [0.15, 0.2) is 0 Å². The van der Waals surface area contributed by atoms with E-state index in [-0.39, 0.29) is 16.1 Å². The second-order valence-electron chi connectivity index (χ2n) is 8.25. The molecule has 1 aromatic heterocycles. The third-order valence-electron chi connectivity index (χ3n) is 5.46. The van der Waals surface area contributed by atoms with Crippen molar-refractivity contribution in [2.45, 2.75) is 53.3 Å². The number of rotatable bonds is 6. The van der Waals surface area contributed by atoms with Gasteiger partial charge in [-0.05, 0) is 44.7 Å². The molecular formula is C20H24ClN5O3S2. The predicted molar refractivity (Wildman–Crippen MR) is 121 cm³/mol. The first-order valence-corrected chi connectivity index (χ1v) is 12.8. The number of piperidine rings is 1. The topological polar surface area (TPSA) is 118 Å². The van der Waals surface area contributed by atoms with Gasteiger partial charge in [0.25, 0.3) is 5.91 Å². The number of carbonyl (C=O) groups excluding carboxylic acids is 1. The minimum atomic E-state index is -3.65. The lowest BCUT2D eigenvalue weighted by Crippen LogP contribution is -2.48. The average molecular weight is 482 g/mol. The summed E-state index contributed by atoms with van der Waals surface area (Å²) in [7, 11) is -3.65. The third kappa shape index (κ3) is 5.31. The van der Waals surface area contributed by atoms with Crippen molar-refractivity contribution in [1.82, 2.24) is 14.7 Å². The lowest BCUT2D eigenvalue weighted by atomic mass is 9.91. The van der Waals surface area contributed by atoms with Crippen molar-refractivity contribution in [3.05, 3.63) is 41.2 Å². The third-order valence-corrected chi connectivity index (χ3v) is 8.78. The van der Waals surface area contributed by atoms with E-state index in [9.17, 15) is 13.2 Å². The number of nitrogens with one attached hydrogen (secondary N) is 1. The predicted octanol–water partition coefficient (Wildman–Crippen LogP) is 2.82. The average Bonchev–Trinajstić information content (AvgIpc) is 3.56. The zero-order chi connectivity index (χ0) is 22.2. The smallest absolute Gasteiger partial charge is 0.266 e. The molecule has 166 valence electrons. The molecule has 0 unspecified atom stereocenters. The summed E-state index contributed by atoms with van der Waals surface area (Å²) in [6.07, 6.45) is 6.32.